The van der Waals surface area contributed by atoms with Crippen LogP contribution >= 0.6 is 0 Å². The molecule has 6 heteroatoms. The molecule has 0 aliphatic heterocycles. The highest BCUT2D eigenvalue weighted by molar-refractivity contribution is 5.90. The molecule has 0 aliphatic carbocycles. The summed E-state index contributed by atoms with van der Waals surface area (Å²) in [6.45, 7) is 6.91. The summed E-state index contributed by atoms with van der Waals surface area (Å²) >= 11 is 0. The molecule has 0 spiro atoms. The Kier molecular flexibility index (Phi) is 9.98. The van der Waals surface area contributed by atoms with Crippen molar-refractivity contribution in [2.75, 3.05) is 0 Å². The van der Waals surface area contributed by atoms with Gasteiger partial charge in [0.15, 0.2) is 5.82 Å². The van der Waals surface area contributed by atoms with Crippen molar-refractivity contribution in [1.29, 1.82) is 0 Å². The second kappa shape index (κ2) is 12.5. The molecule has 0 fully saturated rings. The molecule has 1 heterocycles. The maximum absolute atomic E-state index is 12.6. The van der Waals surface area contributed by atoms with E-state index in [2.05, 4.69) is 22.3 Å². The van der Waals surface area contributed by atoms with Crippen LogP contribution in [-0.2, 0) is 16.8 Å². The molecule has 0 bridgehead atoms. The molecule has 0 saturated heterocycles. The molecular formula is C24H39N5O. The zero-order valence-corrected chi connectivity index (χ0v) is 19.0. The molecule has 2 rings (SSSR count). The zero-order chi connectivity index (χ0) is 21.8. The first-order chi connectivity index (χ1) is 14.5. The normalized spacial score (nSPS) is 13.5. The van der Waals surface area contributed by atoms with E-state index < -0.39 is 11.3 Å². The van der Waals surface area contributed by atoms with Crippen molar-refractivity contribution in [3.8, 4) is 0 Å². The van der Waals surface area contributed by atoms with Gasteiger partial charge in [-0.25, -0.2) is 0 Å². The van der Waals surface area contributed by atoms with Crippen molar-refractivity contribution in [1.82, 2.24) is 20.2 Å². The lowest BCUT2D eigenvalue weighted by Gasteiger charge is -2.31. The third kappa shape index (κ3) is 6.13. The van der Waals surface area contributed by atoms with Gasteiger partial charge >= 0.3 is 0 Å². The number of hydrogen-bond donors (Lipinski definition) is 1. The maximum atomic E-state index is 12.6. The molecule has 0 aliphatic rings. The van der Waals surface area contributed by atoms with Crippen LogP contribution in [0, 0.1) is 5.92 Å². The summed E-state index contributed by atoms with van der Waals surface area (Å²) in [7, 11) is 0. The standard InChI is InChI=1S/C24H39N5O/c1-4-5-6-7-8-9-10-11-12-16-19-29-27-23(26-28-29)24(20(2)3,22(25)30)21-17-14-13-15-18-21/h13-15,17-18,20H,4-12,16,19H2,1-3H3,(H2,25,30). The van der Waals surface area contributed by atoms with Gasteiger partial charge in [-0.2, -0.15) is 4.80 Å². The average Bonchev–Trinajstić information content (AvgIpc) is 3.19. The van der Waals surface area contributed by atoms with E-state index >= 15 is 0 Å². The number of carbonyl (C=O) groups is 1. The highest BCUT2D eigenvalue weighted by Gasteiger charge is 2.47. The van der Waals surface area contributed by atoms with Crippen molar-refractivity contribution in [3.63, 3.8) is 0 Å². The summed E-state index contributed by atoms with van der Waals surface area (Å²) < 4.78 is 0. The Balaban J connectivity index is 1.89. The first-order valence-corrected chi connectivity index (χ1v) is 11.7. The Bertz CT molecular complexity index is 743. The minimum atomic E-state index is -1.07. The van der Waals surface area contributed by atoms with Crippen LogP contribution in [0.2, 0.25) is 0 Å². The van der Waals surface area contributed by atoms with Gasteiger partial charge in [-0.05, 0) is 23.1 Å². The molecule has 2 N–H and O–H groups in total. The third-order valence-electron chi connectivity index (χ3n) is 6.00. The topological polar surface area (TPSA) is 86.7 Å². The lowest BCUT2D eigenvalue weighted by Crippen LogP contribution is -2.47. The lowest BCUT2D eigenvalue weighted by molar-refractivity contribution is -0.123. The molecule has 0 radical (unpaired) electrons. The Hall–Kier alpha value is -2.24. The number of amides is 1. The van der Waals surface area contributed by atoms with Gasteiger partial charge in [-0.1, -0.05) is 109 Å². The van der Waals surface area contributed by atoms with Crippen molar-refractivity contribution in [2.24, 2.45) is 11.7 Å². The summed E-state index contributed by atoms with van der Waals surface area (Å²) in [4.78, 5) is 14.2. The summed E-state index contributed by atoms with van der Waals surface area (Å²) in [6, 6.07) is 9.56. The van der Waals surface area contributed by atoms with E-state index in [0.29, 0.717) is 12.4 Å². The van der Waals surface area contributed by atoms with Crippen LogP contribution < -0.4 is 5.73 Å². The number of benzene rings is 1. The minimum Gasteiger partial charge on any atom is -0.368 e. The lowest BCUT2D eigenvalue weighted by atomic mass is 9.70. The number of primary amides is 1. The molecule has 0 saturated carbocycles. The van der Waals surface area contributed by atoms with Crippen molar-refractivity contribution in [3.05, 3.63) is 41.7 Å². The van der Waals surface area contributed by atoms with Crippen LogP contribution in [0.1, 0.15) is 96.4 Å². The van der Waals surface area contributed by atoms with E-state index in [-0.39, 0.29) is 5.92 Å². The number of nitrogens with zero attached hydrogens (tertiary/aromatic N) is 4. The minimum absolute atomic E-state index is 0.0904. The van der Waals surface area contributed by atoms with Crippen LogP contribution in [0.25, 0.3) is 0 Å². The van der Waals surface area contributed by atoms with E-state index in [9.17, 15) is 4.79 Å². The number of carbonyl (C=O) groups excluding carboxylic acids is 1. The van der Waals surface area contributed by atoms with E-state index in [1.807, 2.05) is 44.2 Å². The molecular weight excluding hydrogens is 374 g/mol. The monoisotopic (exact) mass is 413 g/mol. The second-order valence-electron chi connectivity index (χ2n) is 8.58. The quantitative estimate of drug-likeness (QED) is 0.415. The first kappa shape index (κ1) is 24.0. The molecule has 2 aromatic rings. The highest BCUT2D eigenvalue weighted by Crippen LogP contribution is 2.36. The second-order valence-corrected chi connectivity index (χ2v) is 8.58. The van der Waals surface area contributed by atoms with E-state index in [4.69, 9.17) is 5.73 Å². The van der Waals surface area contributed by atoms with Crippen molar-refractivity contribution >= 4 is 5.91 Å². The molecule has 1 unspecified atom stereocenters. The number of aryl methyl sites for hydroxylation is 1. The van der Waals surface area contributed by atoms with Gasteiger partial charge in [0.05, 0.1) is 6.54 Å². The van der Waals surface area contributed by atoms with Gasteiger partial charge < -0.3 is 5.73 Å². The SMILES string of the molecule is CCCCCCCCCCCCn1nnc(C(C(N)=O)(c2ccccc2)C(C)C)n1. The summed E-state index contributed by atoms with van der Waals surface area (Å²) in [6.07, 6.45) is 12.8. The summed E-state index contributed by atoms with van der Waals surface area (Å²) in [5.74, 6) is -0.141. The van der Waals surface area contributed by atoms with Gasteiger partial charge in [0.2, 0.25) is 5.91 Å². The summed E-state index contributed by atoms with van der Waals surface area (Å²) in [5.41, 5.74) is 5.64. The van der Waals surface area contributed by atoms with Crippen LogP contribution in [-0.4, -0.2) is 26.1 Å². The number of aromatic nitrogens is 4. The predicted octanol–water partition coefficient (Wildman–Crippen LogP) is 5.02. The Morgan fingerprint density at radius 1 is 0.967 bits per heavy atom. The van der Waals surface area contributed by atoms with Crippen molar-refractivity contribution < 1.29 is 4.79 Å². The number of nitrogens with two attached hydrogens (primary N) is 1. The fourth-order valence-electron chi connectivity index (χ4n) is 4.20. The van der Waals surface area contributed by atoms with Gasteiger partial charge in [-0.3, -0.25) is 4.79 Å². The Labute approximate surface area is 181 Å². The smallest absolute Gasteiger partial charge is 0.236 e. The van der Waals surface area contributed by atoms with Crippen LogP contribution in [0.15, 0.2) is 30.3 Å². The number of rotatable bonds is 15. The van der Waals surface area contributed by atoms with E-state index in [0.717, 1.165) is 18.4 Å². The number of hydrogen-bond acceptors (Lipinski definition) is 4. The van der Waals surface area contributed by atoms with Crippen LogP contribution in [0.3, 0.4) is 0 Å². The summed E-state index contributed by atoms with van der Waals surface area (Å²) in [5, 5.41) is 13.0. The molecule has 1 aromatic carbocycles. The fraction of sp³-hybridized carbons (Fsp3) is 0.667. The number of tetrazole rings is 1. The molecule has 30 heavy (non-hydrogen) atoms. The van der Waals surface area contributed by atoms with Gasteiger partial charge in [0.25, 0.3) is 0 Å². The van der Waals surface area contributed by atoms with Crippen molar-refractivity contribution in [2.45, 2.75) is 96.9 Å². The fourth-order valence-corrected chi connectivity index (χ4v) is 4.20. The van der Waals surface area contributed by atoms with Crippen LogP contribution in [0.5, 0.6) is 0 Å². The van der Waals surface area contributed by atoms with Crippen LogP contribution in [0.4, 0.5) is 0 Å². The Morgan fingerprint density at radius 3 is 2.07 bits per heavy atom. The van der Waals surface area contributed by atoms with E-state index in [1.165, 1.54) is 51.4 Å². The average molecular weight is 414 g/mol. The molecule has 1 aromatic heterocycles. The third-order valence-corrected chi connectivity index (χ3v) is 6.00. The zero-order valence-electron chi connectivity index (χ0n) is 19.0. The number of unbranched alkanes of at least 4 members (excludes halogenated alkanes) is 9. The van der Waals surface area contributed by atoms with Gasteiger partial charge in [0.1, 0.15) is 5.41 Å². The molecule has 1 atom stereocenters. The largest absolute Gasteiger partial charge is 0.368 e. The van der Waals surface area contributed by atoms with Gasteiger partial charge in [-0.15, -0.1) is 10.2 Å². The molecule has 166 valence electrons. The highest BCUT2D eigenvalue weighted by atomic mass is 16.1. The molecule has 6 nitrogen and oxygen atoms in total. The van der Waals surface area contributed by atoms with Gasteiger partial charge in [0, 0.05) is 0 Å². The first-order valence-electron chi connectivity index (χ1n) is 11.7. The Morgan fingerprint density at radius 2 is 1.53 bits per heavy atom. The predicted molar refractivity (Wildman–Crippen MR) is 121 cm³/mol. The van der Waals surface area contributed by atoms with E-state index in [1.54, 1.807) is 4.80 Å². The molecule has 1 amide bonds. The maximum Gasteiger partial charge on any atom is 0.236 e.